The lowest BCUT2D eigenvalue weighted by Gasteiger charge is -2.38. The first-order chi connectivity index (χ1) is 8.15. The average molecular weight is 237 g/mol. The number of aliphatic hydroxyl groups is 1. The summed E-state index contributed by atoms with van der Waals surface area (Å²) in [7, 11) is 0. The summed E-state index contributed by atoms with van der Waals surface area (Å²) in [5, 5.41) is 8.95. The Kier molecular flexibility index (Phi) is 3.89. The van der Waals surface area contributed by atoms with Gasteiger partial charge < -0.3 is 9.52 Å². The summed E-state index contributed by atoms with van der Waals surface area (Å²) in [5.74, 6) is 1.63. The Morgan fingerprint density at radius 3 is 2.47 bits per heavy atom. The molecule has 0 aliphatic carbocycles. The molecule has 96 valence electrons. The van der Waals surface area contributed by atoms with Gasteiger partial charge in [-0.15, -0.1) is 0 Å². The van der Waals surface area contributed by atoms with Crippen LogP contribution in [0.2, 0.25) is 0 Å². The standard InChI is InChI=1S/C14H23NO2/c1-3-14(2)6-8-15(9-7-14)10-12-4-5-13(11-16)17-12/h4-5,16H,3,6-11H2,1-2H3. The number of rotatable bonds is 4. The van der Waals surface area contributed by atoms with Gasteiger partial charge in [-0.3, -0.25) is 4.90 Å². The van der Waals surface area contributed by atoms with E-state index in [9.17, 15) is 0 Å². The highest BCUT2D eigenvalue weighted by atomic mass is 16.4. The molecular weight excluding hydrogens is 214 g/mol. The summed E-state index contributed by atoms with van der Waals surface area (Å²) in [6.07, 6.45) is 3.82. The van der Waals surface area contributed by atoms with Gasteiger partial charge in [0.1, 0.15) is 18.1 Å². The maximum absolute atomic E-state index is 8.95. The van der Waals surface area contributed by atoms with Crippen LogP contribution in [0.15, 0.2) is 16.5 Å². The molecular formula is C14H23NO2. The minimum Gasteiger partial charge on any atom is -0.462 e. The number of hydrogen-bond acceptors (Lipinski definition) is 3. The molecule has 1 saturated heterocycles. The normalized spacial score (nSPS) is 20.6. The third-order valence-electron chi connectivity index (χ3n) is 4.17. The van der Waals surface area contributed by atoms with Crippen molar-refractivity contribution in [2.75, 3.05) is 13.1 Å². The van der Waals surface area contributed by atoms with Gasteiger partial charge in [0, 0.05) is 0 Å². The van der Waals surface area contributed by atoms with E-state index in [-0.39, 0.29) is 6.61 Å². The minimum atomic E-state index is -0.00605. The lowest BCUT2D eigenvalue weighted by Crippen LogP contribution is -2.37. The first kappa shape index (κ1) is 12.7. The van der Waals surface area contributed by atoms with Gasteiger partial charge in [0.2, 0.25) is 0 Å². The molecule has 17 heavy (non-hydrogen) atoms. The summed E-state index contributed by atoms with van der Waals surface area (Å²) >= 11 is 0. The Morgan fingerprint density at radius 2 is 1.94 bits per heavy atom. The Morgan fingerprint density at radius 1 is 1.29 bits per heavy atom. The summed E-state index contributed by atoms with van der Waals surface area (Å²) in [4.78, 5) is 2.44. The van der Waals surface area contributed by atoms with Crippen LogP contribution in [0.25, 0.3) is 0 Å². The van der Waals surface area contributed by atoms with Crippen LogP contribution in [0.4, 0.5) is 0 Å². The maximum atomic E-state index is 8.95. The van der Waals surface area contributed by atoms with Gasteiger partial charge in [-0.25, -0.2) is 0 Å². The van der Waals surface area contributed by atoms with Crippen LogP contribution >= 0.6 is 0 Å². The van der Waals surface area contributed by atoms with Crippen molar-refractivity contribution in [3.8, 4) is 0 Å². The smallest absolute Gasteiger partial charge is 0.129 e. The fraction of sp³-hybridized carbons (Fsp3) is 0.714. The Labute approximate surface area is 103 Å². The molecule has 1 aromatic rings. The molecule has 0 spiro atoms. The molecule has 1 fully saturated rings. The molecule has 0 amide bonds. The molecule has 0 aromatic carbocycles. The van der Waals surface area contributed by atoms with E-state index in [0.29, 0.717) is 11.2 Å². The van der Waals surface area contributed by atoms with E-state index in [1.165, 1.54) is 19.3 Å². The number of likely N-dealkylation sites (tertiary alicyclic amines) is 1. The van der Waals surface area contributed by atoms with Crippen molar-refractivity contribution in [3.05, 3.63) is 23.7 Å². The van der Waals surface area contributed by atoms with Crippen molar-refractivity contribution in [3.63, 3.8) is 0 Å². The van der Waals surface area contributed by atoms with Crippen LogP contribution in [-0.4, -0.2) is 23.1 Å². The first-order valence-corrected chi connectivity index (χ1v) is 6.56. The lowest BCUT2D eigenvalue weighted by molar-refractivity contribution is 0.103. The SMILES string of the molecule is CCC1(C)CCN(Cc2ccc(CO)o2)CC1. The second-order valence-electron chi connectivity index (χ2n) is 5.47. The van der Waals surface area contributed by atoms with Gasteiger partial charge >= 0.3 is 0 Å². The highest BCUT2D eigenvalue weighted by Crippen LogP contribution is 2.34. The van der Waals surface area contributed by atoms with Crippen LogP contribution in [0.1, 0.15) is 44.6 Å². The zero-order valence-corrected chi connectivity index (χ0v) is 10.9. The van der Waals surface area contributed by atoms with Gasteiger partial charge in [0.05, 0.1) is 6.54 Å². The van der Waals surface area contributed by atoms with Crippen LogP contribution in [-0.2, 0) is 13.2 Å². The van der Waals surface area contributed by atoms with E-state index < -0.39 is 0 Å². The van der Waals surface area contributed by atoms with Gasteiger partial charge in [-0.2, -0.15) is 0 Å². The minimum absolute atomic E-state index is 0.00605. The van der Waals surface area contributed by atoms with Gasteiger partial charge in [0.25, 0.3) is 0 Å². The second kappa shape index (κ2) is 5.23. The van der Waals surface area contributed by atoms with Gasteiger partial charge in [-0.05, 0) is 43.5 Å². The molecule has 2 rings (SSSR count). The Hall–Kier alpha value is -0.800. The Bertz CT molecular complexity index is 351. The highest BCUT2D eigenvalue weighted by molar-refractivity contribution is 5.06. The molecule has 1 N–H and O–H groups in total. The van der Waals surface area contributed by atoms with Crippen LogP contribution in [0.3, 0.4) is 0 Å². The summed E-state index contributed by atoms with van der Waals surface area (Å²) < 4.78 is 5.52. The van der Waals surface area contributed by atoms with E-state index in [4.69, 9.17) is 9.52 Å². The monoisotopic (exact) mass is 237 g/mol. The largest absolute Gasteiger partial charge is 0.462 e. The van der Waals surface area contributed by atoms with Gasteiger partial charge in [0.15, 0.2) is 0 Å². The van der Waals surface area contributed by atoms with Crippen molar-refractivity contribution in [2.45, 2.75) is 46.3 Å². The quantitative estimate of drug-likeness (QED) is 0.874. The summed E-state index contributed by atoms with van der Waals surface area (Å²) in [6.45, 7) is 7.85. The molecule has 3 heteroatoms. The summed E-state index contributed by atoms with van der Waals surface area (Å²) in [5.41, 5.74) is 0.538. The highest BCUT2D eigenvalue weighted by Gasteiger charge is 2.28. The lowest BCUT2D eigenvalue weighted by atomic mass is 9.78. The van der Waals surface area contributed by atoms with Crippen molar-refractivity contribution in [1.82, 2.24) is 4.90 Å². The van der Waals surface area contributed by atoms with Crippen molar-refractivity contribution >= 4 is 0 Å². The predicted octanol–water partition coefficient (Wildman–Crippen LogP) is 2.78. The zero-order chi connectivity index (χ0) is 12.3. The maximum Gasteiger partial charge on any atom is 0.129 e. The number of hydrogen-bond donors (Lipinski definition) is 1. The van der Waals surface area contributed by atoms with Crippen molar-refractivity contribution in [2.24, 2.45) is 5.41 Å². The molecule has 0 saturated carbocycles. The van der Waals surface area contributed by atoms with Crippen molar-refractivity contribution < 1.29 is 9.52 Å². The van der Waals surface area contributed by atoms with E-state index >= 15 is 0 Å². The fourth-order valence-corrected chi connectivity index (χ4v) is 2.42. The Balaban J connectivity index is 1.85. The summed E-state index contributed by atoms with van der Waals surface area (Å²) in [6, 6.07) is 3.83. The molecule has 1 aromatic heterocycles. The number of nitrogens with zero attached hydrogens (tertiary/aromatic N) is 1. The number of aliphatic hydroxyl groups excluding tert-OH is 1. The topological polar surface area (TPSA) is 36.6 Å². The van der Waals surface area contributed by atoms with E-state index in [1.807, 2.05) is 12.1 Å². The van der Waals surface area contributed by atoms with E-state index in [2.05, 4.69) is 18.7 Å². The first-order valence-electron chi connectivity index (χ1n) is 6.56. The molecule has 2 heterocycles. The third kappa shape index (κ3) is 3.11. The fourth-order valence-electron chi connectivity index (χ4n) is 2.42. The molecule has 0 radical (unpaired) electrons. The van der Waals surface area contributed by atoms with Gasteiger partial charge in [-0.1, -0.05) is 20.3 Å². The van der Waals surface area contributed by atoms with E-state index in [0.717, 1.165) is 25.4 Å². The van der Waals surface area contributed by atoms with Crippen LogP contribution < -0.4 is 0 Å². The zero-order valence-electron chi connectivity index (χ0n) is 10.9. The van der Waals surface area contributed by atoms with Crippen LogP contribution in [0.5, 0.6) is 0 Å². The molecule has 1 aliphatic heterocycles. The molecule has 0 atom stereocenters. The van der Waals surface area contributed by atoms with Crippen LogP contribution in [0, 0.1) is 5.41 Å². The molecule has 1 aliphatic rings. The number of piperidine rings is 1. The van der Waals surface area contributed by atoms with E-state index in [1.54, 1.807) is 0 Å². The predicted molar refractivity (Wildman–Crippen MR) is 67.5 cm³/mol. The van der Waals surface area contributed by atoms with Crippen molar-refractivity contribution in [1.29, 1.82) is 0 Å². The third-order valence-corrected chi connectivity index (χ3v) is 4.17. The number of furan rings is 1. The molecule has 3 nitrogen and oxygen atoms in total. The second-order valence-corrected chi connectivity index (χ2v) is 5.47. The molecule has 0 unspecified atom stereocenters. The molecule has 0 bridgehead atoms. The average Bonchev–Trinajstić information content (AvgIpc) is 2.80.